The molecule has 1 aliphatic rings. The van der Waals surface area contributed by atoms with Crippen LogP contribution in [0.1, 0.15) is 25.0 Å². The first-order valence-electron chi connectivity index (χ1n) is 18.2. The van der Waals surface area contributed by atoms with Crippen LogP contribution in [0.4, 0.5) is 0 Å². The molecule has 0 spiro atoms. The Balaban J connectivity index is 1.08. The maximum absolute atomic E-state index is 15.0. The van der Waals surface area contributed by atoms with Crippen molar-refractivity contribution >= 4 is 55.5 Å². The van der Waals surface area contributed by atoms with Gasteiger partial charge in [-0.25, -0.2) is 4.98 Å². The summed E-state index contributed by atoms with van der Waals surface area (Å²) in [6, 6.07) is 63.5. The van der Waals surface area contributed by atoms with Crippen molar-refractivity contribution in [2.45, 2.75) is 19.3 Å². The van der Waals surface area contributed by atoms with Gasteiger partial charge in [0, 0.05) is 37.7 Å². The van der Waals surface area contributed by atoms with Gasteiger partial charge in [0.15, 0.2) is 7.14 Å². The number of fused-ring (bicyclic) bond motifs is 7. The molecule has 0 fully saturated rings. The number of pyridine rings is 1. The molecule has 3 heteroatoms. The molecular weight excluding hydrogens is 662 g/mol. The molecule has 0 amide bonds. The lowest BCUT2D eigenvalue weighted by molar-refractivity contribution is 0.592. The topological polar surface area (TPSA) is 30.0 Å². The van der Waals surface area contributed by atoms with E-state index in [9.17, 15) is 0 Å². The van der Waals surface area contributed by atoms with Crippen molar-refractivity contribution in [3.63, 3.8) is 0 Å². The van der Waals surface area contributed by atoms with Crippen molar-refractivity contribution < 1.29 is 4.57 Å². The maximum atomic E-state index is 15.0. The van der Waals surface area contributed by atoms with Crippen molar-refractivity contribution in [1.82, 2.24) is 4.98 Å². The number of hydrogen-bond acceptors (Lipinski definition) is 2. The highest BCUT2D eigenvalue weighted by Gasteiger charge is 2.39. The number of rotatable bonds is 5. The smallest absolute Gasteiger partial charge is 0.171 e. The summed E-state index contributed by atoms with van der Waals surface area (Å²) in [6.07, 6.45) is 0. The van der Waals surface area contributed by atoms with Crippen LogP contribution >= 0.6 is 7.14 Å². The second-order valence-electron chi connectivity index (χ2n) is 14.7. The van der Waals surface area contributed by atoms with E-state index in [1.165, 1.54) is 44.0 Å². The summed E-state index contributed by atoms with van der Waals surface area (Å²) in [7, 11) is -3.06. The third kappa shape index (κ3) is 4.87. The van der Waals surface area contributed by atoms with Crippen LogP contribution in [0.5, 0.6) is 0 Å². The predicted octanol–water partition coefficient (Wildman–Crippen LogP) is 11.8. The molecule has 1 aliphatic carbocycles. The molecule has 0 aliphatic heterocycles. The van der Waals surface area contributed by atoms with Crippen molar-refractivity contribution in [3.8, 4) is 33.5 Å². The molecule has 252 valence electrons. The number of benzene rings is 8. The Morgan fingerprint density at radius 1 is 0.472 bits per heavy atom. The summed E-state index contributed by atoms with van der Waals surface area (Å²) in [4.78, 5) is 5.44. The van der Waals surface area contributed by atoms with E-state index >= 15 is 4.57 Å². The van der Waals surface area contributed by atoms with E-state index < -0.39 is 7.14 Å². The summed E-state index contributed by atoms with van der Waals surface area (Å²) >= 11 is 0. The molecule has 0 saturated heterocycles. The van der Waals surface area contributed by atoms with Gasteiger partial charge >= 0.3 is 0 Å². The second kappa shape index (κ2) is 12.0. The predicted molar refractivity (Wildman–Crippen MR) is 225 cm³/mol. The zero-order valence-electron chi connectivity index (χ0n) is 29.6. The summed E-state index contributed by atoms with van der Waals surface area (Å²) in [5, 5.41) is 8.28. The Kier molecular flexibility index (Phi) is 7.16. The van der Waals surface area contributed by atoms with Crippen LogP contribution in [0.2, 0.25) is 0 Å². The normalized spacial score (nSPS) is 13.3. The van der Waals surface area contributed by atoms with Crippen molar-refractivity contribution in [1.29, 1.82) is 0 Å². The van der Waals surface area contributed by atoms with Crippen molar-refractivity contribution in [2.24, 2.45) is 0 Å². The molecule has 9 aromatic rings. The SMILES string of the molecule is CC1(C)c2ccccc2-c2nc3c(ccc4ccccc43)c(-c3ccc(-c4ccc5cc(P(=O)(c6ccccc6)c6ccccc6)ccc5c4)cc3)c21. The summed E-state index contributed by atoms with van der Waals surface area (Å²) in [5.41, 5.74) is 10.5. The fraction of sp³-hybridized carbons (Fsp3) is 0.0600. The van der Waals surface area contributed by atoms with E-state index in [0.717, 1.165) is 49.0 Å². The first-order chi connectivity index (χ1) is 25.9. The Bertz CT molecular complexity index is 2890. The van der Waals surface area contributed by atoms with Gasteiger partial charge in [-0.1, -0.05) is 184 Å². The first kappa shape index (κ1) is 31.6. The standard InChI is InChI=1S/C50H36NOP/c1-50(2)45-20-12-11-19-43(45)49-47(50)46(44-30-28-34-13-9-10-18-42(34)48(44)51-49)35-23-21-33(22-24-35)36-25-26-38-32-41(29-27-37(38)31-36)53(52,39-14-5-3-6-15-39)40-16-7-4-8-17-40/h3-32H,1-2H3. The Labute approximate surface area is 309 Å². The van der Waals surface area contributed by atoms with E-state index in [1.807, 2.05) is 60.7 Å². The fourth-order valence-electron chi connectivity index (χ4n) is 8.63. The molecular formula is C50H36NOP. The molecule has 8 aromatic carbocycles. The van der Waals surface area contributed by atoms with Gasteiger partial charge in [0.2, 0.25) is 0 Å². The lowest BCUT2D eigenvalue weighted by Crippen LogP contribution is -2.24. The van der Waals surface area contributed by atoms with Gasteiger partial charge in [-0.3, -0.25) is 0 Å². The van der Waals surface area contributed by atoms with E-state index in [-0.39, 0.29) is 5.41 Å². The Morgan fingerprint density at radius 3 is 1.81 bits per heavy atom. The van der Waals surface area contributed by atoms with Gasteiger partial charge in [0.05, 0.1) is 11.2 Å². The highest BCUT2D eigenvalue weighted by Crippen LogP contribution is 2.53. The van der Waals surface area contributed by atoms with Gasteiger partial charge in [-0.2, -0.15) is 0 Å². The van der Waals surface area contributed by atoms with Crippen LogP contribution < -0.4 is 15.9 Å². The summed E-state index contributed by atoms with van der Waals surface area (Å²) in [6.45, 7) is 4.67. The third-order valence-electron chi connectivity index (χ3n) is 11.3. The van der Waals surface area contributed by atoms with Crippen molar-refractivity contribution in [3.05, 3.63) is 193 Å². The summed E-state index contributed by atoms with van der Waals surface area (Å²) in [5.74, 6) is 0. The number of hydrogen-bond donors (Lipinski definition) is 0. The average Bonchev–Trinajstić information content (AvgIpc) is 3.45. The molecule has 1 aromatic heterocycles. The molecule has 0 atom stereocenters. The van der Waals surface area contributed by atoms with Crippen LogP contribution in [-0.2, 0) is 9.98 Å². The first-order valence-corrected chi connectivity index (χ1v) is 19.9. The Morgan fingerprint density at radius 2 is 1.06 bits per heavy atom. The summed E-state index contributed by atoms with van der Waals surface area (Å²) < 4.78 is 15.0. The minimum atomic E-state index is -3.06. The van der Waals surface area contributed by atoms with E-state index in [4.69, 9.17) is 4.98 Å². The minimum Gasteiger partial charge on any atom is -0.309 e. The zero-order valence-corrected chi connectivity index (χ0v) is 30.5. The van der Waals surface area contributed by atoms with Gasteiger partial charge in [-0.15, -0.1) is 0 Å². The highest BCUT2D eigenvalue weighted by molar-refractivity contribution is 7.85. The third-order valence-corrected chi connectivity index (χ3v) is 14.4. The lowest BCUT2D eigenvalue weighted by atomic mass is 9.78. The van der Waals surface area contributed by atoms with Crippen molar-refractivity contribution in [2.75, 3.05) is 0 Å². The molecule has 0 radical (unpaired) electrons. The molecule has 0 saturated carbocycles. The van der Waals surface area contributed by atoms with Gasteiger partial charge < -0.3 is 4.57 Å². The van der Waals surface area contributed by atoms with E-state index in [2.05, 4.69) is 135 Å². The molecule has 10 rings (SSSR count). The monoisotopic (exact) mass is 697 g/mol. The number of nitrogens with zero attached hydrogens (tertiary/aromatic N) is 1. The van der Waals surface area contributed by atoms with Gasteiger partial charge in [-0.05, 0) is 61.7 Å². The average molecular weight is 698 g/mol. The largest absolute Gasteiger partial charge is 0.309 e. The minimum absolute atomic E-state index is 0.199. The Hall–Kier alpha value is -6.08. The molecule has 2 nitrogen and oxygen atoms in total. The van der Waals surface area contributed by atoms with Crippen LogP contribution in [0.3, 0.4) is 0 Å². The van der Waals surface area contributed by atoms with E-state index in [1.54, 1.807) is 0 Å². The van der Waals surface area contributed by atoms with Crippen LogP contribution in [0.25, 0.3) is 66.0 Å². The number of aromatic nitrogens is 1. The van der Waals surface area contributed by atoms with Crippen LogP contribution in [-0.4, -0.2) is 4.98 Å². The second-order valence-corrected chi connectivity index (χ2v) is 17.4. The molecule has 0 bridgehead atoms. The lowest BCUT2D eigenvalue weighted by Gasteiger charge is -2.25. The zero-order chi connectivity index (χ0) is 35.7. The highest BCUT2D eigenvalue weighted by atomic mass is 31.2. The van der Waals surface area contributed by atoms with Crippen LogP contribution in [0, 0.1) is 0 Å². The molecule has 1 heterocycles. The van der Waals surface area contributed by atoms with E-state index in [0.29, 0.717) is 0 Å². The van der Waals surface area contributed by atoms with Gasteiger partial charge in [0.25, 0.3) is 0 Å². The maximum Gasteiger partial charge on any atom is 0.171 e. The van der Waals surface area contributed by atoms with Crippen LogP contribution in [0.15, 0.2) is 182 Å². The molecule has 0 N–H and O–H groups in total. The molecule has 53 heavy (non-hydrogen) atoms. The molecule has 0 unspecified atom stereocenters. The van der Waals surface area contributed by atoms with Gasteiger partial charge in [0.1, 0.15) is 0 Å². The quantitative estimate of drug-likeness (QED) is 0.132. The fourth-order valence-corrected chi connectivity index (χ4v) is 11.3.